The highest BCUT2D eigenvalue weighted by molar-refractivity contribution is 6.07. The van der Waals surface area contributed by atoms with Crippen LogP contribution in [0.1, 0.15) is 29.6 Å². The van der Waals surface area contributed by atoms with Crippen LogP contribution in [0, 0.1) is 5.82 Å². The number of nitrogens with zero attached hydrogens (tertiary/aromatic N) is 2. The highest BCUT2D eigenvalue weighted by Crippen LogP contribution is 2.29. The third-order valence-electron chi connectivity index (χ3n) is 5.76. The van der Waals surface area contributed by atoms with E-state index in [2.05, 4.69) is 5.32 Å². The molecule has 2 aromatic carbocycles. The number of halogens is 1. The van der Waals surface area contributed by atoms with Crippen LogP contribution >= 0.6 is 0 Å². The predicted octanol–water partition coefficient (Wildman–Crippen LogP) is 3.70. The maximum absolute atomic E-state index is 14.7. The van der Waals surface area contributed by atoms with Crippen molar-refractivity contribution in [1.82, 2.24) is 5.32 Å². The fourth-order valence-electron chi connectivity index (χ4n) is 4.02. The molecule has 0 aliphatic carbocycles. The summed E-state index contributed by atoms with van der Waals surface area (Å²) in [6.45, 7) is 1.93. The summed E-state index contributed by atoms with van der Waals surface area (Å²) in [7, 11) is 0. The molecule has 1 atom stereocenters. The van der Waals surface area contributed by atoms with Gasteiger partial charge < -0.3 is 15.0 Å². The molecule has 172 valence electrons. The van der Waals surface area contributed by atoms with Gasteiger partial charge in [-0.25, -0.2) is 9.18 Å². The van der Waals surface area contributed by atoms with Gasteiger partial charge >= 0.3 is 6.09 Å². The Bertz CT molecular complexity index is 1050. The minimum absolute atomic E-state index is 0.0826. The highest BCUT2D eigenvalue weighted by atomic mass is 19.1. The zero-order valence-corrected chi connectivity index (χ0v) is 18.2. The lowest BCUT2D eigenvalue weighted by atomic mass is 10.1. The molecule has 2 amide bonds. The molecule has 33 heavy (non-hydrogen) atoms. The van der Waals surface area contributed by atoms with Gasteiger partial charge in [0.15, 0.2) is 5.78 Å². The van der Waals surface area contributed by atoms with Gasteiger partial charge in [0.1, 0.15) is 11.9 Å². The van der Waals surface area contributed by atoms with Crippen molar-refractivity contribution in [1.29, 1.82) is 0 Å². The van der Waals surface area contributed by atoms with Crippen LogP contribution in [0.4, 0.5) is 20.6 Å². The van der Waals surface area contributed by atoms with E-state index in [1.54, 1.807) is 42.5 Å². The number of ether oxygens (including phenoxy) is 1. The summed E-state index contributed by atoms with van der Waals surface area (Å²) in [5, 5.41) is 2.62. The van der Waals surface area contributed by atoms with Gasteiger partial charge in [0.2, 0.25) is 5.91 Å². The normalized spacial score (nSPS) is 18.5. The third kappa shape index (κ3) is 5.58. The summed E-state index contributed by atoms with van der Waals surface area (Å²) < 4.78 is 20.0. The molecule has 8 heteroatoms. The number of amides is 2. The second-order valence-corrected chi connectivity index (χ2v) is 8.11. The van der Waals surface area contributed by atoms with Crippen molar-refractivity contribution in [2.75, 3.05) is 36.0 Å². The fourth-order valence-corrected chi connectivity index (χ4v) is 4.02. The number of hydrogen-bond donors (Lipinski definition) is 1. The Balaban J connectivity index is 1.30. The highest BCUT2D eigenvalue weighted by Gasteiger charge is 2.33. The second kappa shape index (κ2) is 10.3. The molecule has 2 heterocycles. The smallest absolute Gasteiger partial charge is 0.414 e. The van der Waals surface area contributed by atoms with E-state index in [-0.39, 0.29) is 24.7 Å². The average Bonchev–Trinajstić information content (AvgIpc) is 3.22. The van der Waals surface area contributed by atoms with Crippen LogP contribution in [0.15, 0.2) is 60.7 Å². The minimum Gasteiger partial charge on any atom is -0.442 e. The Hall–Kier alpha value is -3.68. The van der Waals surface area contributed by atoms with Gasteiger partial charge in [-0.2, -0.15) is 0 Å². The zero-order valence-electron chi connectivity index (χ0n) is 18.2. The first-order valence-electron chi connectivity index (χ1n) is 11.1. The van der Waals surface area contributed by atoms with E-state index in [0.29, 0.717) is 16.9 Å². The van der Waals surface area contributed by atoms with E-state index in [1.165, 1.54) is 17.0 Å². The van der Waals surface area contributed by atoms with Crippen LogP contribution in [-0.4, -0.2) is 50.1 Å². The molecule has 2 aliphatic heterocycles. The van der Waals surface area contributed by atoms with Gasteiger partial charge in [0.05, 0.1) is 24.5 Å². The van der Waals surface area contributed by atoms with Crippen molar-refractivity contribution in [2.45, 2.75) is 25.4 Å². The van der Waals surface area contributed by atoms with Crippen LogP contribution in [-0.2, 0) is 9.53 Å². The van der Waals surface area contributed by atoms with Crippen molar-refractivity contribution < 1.29 is 23.5 Å². The van der Waals surface area contributed by atoms with Crippen molar-refractivity contribution in [2.24, 2.45) is 0 Å². The molecule has 2 aliphatic rings. The van der Waals surface area contributed by atoms with Crippen LogP contribution in [0.5, 0.6) is 0 Å². The van der Waals surface area contributed by atoms with E-state index < -0.39 is 18.1 Å². The van der Waals surface area contributed by atoms with Crippen molar-refractivity contribution in [3.63, 3.8) is 0 Å². The number of allylic oxidation sites excluding steroid dienone is 1. The molecule has 0 radical (unpaired) electrons. The average molecular weight is 451 g/mol. The number of cyclic esters (lactones) is 1. The SMILES string of the molecule is O=C(C=CC(=O)c1ccccc1)NCC1CN(c2ccc(N3CCCCC3)c(F)c2)C(=O)O1. The molecule has 1 N–H and O–H groups in total. The lowest BCUT2D eigenvalue weighted by Crippen LogP contribution is -2.34. The number of piperidine rings is 1. The van der Waals surface area contributed by atoms with Crippen LogP contribution in [0.25, 0.3) is 0 Å². The maximum Gasteiger partial charge on any atom is 0.414 e. The monoisotopic (exact) mass is 451 g/mol. The molecule has 0 aromatic heterocycles. The molecule has 2 aromatic rings. The number of benzene rings is 2. The van der Waals surface area contributed by atoms with E-state index in [4.69, 9.17) is 4.74 Å². The summed E-state index contributed by atoms with van der Waals surface area (Å²) >= 11 is 0. The van der Waals surface area contributed by atoms with Crippen LogP contribution in [0.3, 0.4) is 0 Å². The second-order valence-electron chi connectivity index (χ2n) is 8.11. The van der Waals surface area contributed by atoms with Gasteiger partial charge in [-0.15, -0.1) is 0 Å². The first-order valence-corrected chi connectivity index (χ1v) is 11.1. The largest absolute Gasteiger partial charge is 0.442 e. The van der Waals surface area contributed by atoms with Crippen molar-refractivity contribution in [3.8, 4) is 0 Å². The topological polar surface area (TPSA) is 79.0 Å². The Labute approximate surface area is 191 Å². The van der Waals surface area contributed by atoms with Crippen LogP contribution in [0.2, 0.25) is 0 Å². The first-order chi connectivity index (χ1) is 16.0. The number of nitrogens with one attached hydrogen (secondary N) is 1. The van der Waals surface area contributed by atoms with E-state index in [1.807, 2.05) is 4.90 Å². The number of carbonyl (C=O) groups excluding carboxylic acids is 3. The number of rotatable bonds is 7. The van der Waals surface area contributed by atoms with Crippen molar-refractivity contribution in [3.05, 3.63) is 72.1 Å². The van der Waals surface area contributed by atoms with E-state index in [0.717, 1.165) is 38.4 Å². The Morgan fingerprint density at radius 3 is 2.55 bits per heavy atom. The van der Waals surface area contributed by atoms with Gasteiger partial charge in [-0.05, 0) is 43.5 Å². The summed E-state index contributed by atoms with van der Waals surface area (Å²) in [6.07, 6.45) is 4.43. The molecule has 0 bridgehead atoms. The zero-order chi connectivity index (χ0) is 23.2. The first kappa shape index (κ1) is 22.5. The van der Waals surface area contributed by atoms with E-state index >= 15 is 0 Å². The molecular formula is C25H26FN3O4. The van der Waals surface area contributed by atoms with Gasteiger partial charge in [-0.3, -0.25) is 14.5 Å². The predicted molar refractivity (Wildman–Crippen MR) is 123 cm³/mol. The Morgan fingerprint density at radius 2 is 1.82 bits per heavy atom. The number of anilines is 2. The van der Waals surface area contributed by atoms with Gasteiger partial charge in [0, 0.05) is 24.7 Å². The molecule has 7 nitrogen and oxygen atoms in total. The van der Waals surface area contributed by atoms with Crippen LogP contribution < -0.4 is 15.1 Å². The molecular weight excluding hydrogens is 425 g/mol. The number of carbonyl (C=O) groups is 3. The van der Waals surface area contributed by atoms with Gasteiger partial charge in [-0.1, -0.05) is 30.3 Å². The Morgan fingerprint density at radius 1 is 1.06 bits per heavy atom. The maximum atomic E-state index is 14.7. The van der Waals surface area contributed by atoms with E-state index in [9.17, 15) is 18.8 Å². The lowest BCUT2D eigenvalue weighted by molar-refractivity contribution is -0.116. The number of ketones is 1. The number of hydrogen-bond acceptors (Lipinski definition) is 5. The molecule has 4 rings (SSSR count). The quantitative estimate of drug-likeness (QED) is 0.513. The standard InChI is InChI=1S/C25H26FN3O4/c26-21-15-19(9-10-22(21)28-13-5-2-6-14-28)29-17-20(33-25(29)32)16-27-24(31)12-11-23(30)18-7-3-1-4-8-18/h1,3-4,7-12,15,20H,2,5-6,13-14,16-17H2,(H,27,31). The Kier molecular flexibility index (Phi) is 7.02. The summed E-state index contributed by atoms with van der Waals surface area (Å²) in [4.78, 5) is 39.8. The summed E-state index contributed by atoms with van der Waals surface area (Å²) in [6, 6.07) is 13.4. The summed E-state index contributed by atoms with van der Waals surface area (Å²) in [5.41, 5.74) is 1.45. The molecule has 2 saturated heterocycles. The molecule has 2 fully saturated rings. The summed E-state index contributed by atoms with van der Waals surface area (Å²) in [5.74, 6) is -1.11. The van der Waals surface area contributed by atoms with Crippen molar-refractivity contribution >= 4 is 29.2 Å². The molecule has 1 unspecified atom stereocenters. The lowest BCUT2D eigenvalue weighted by Gasteiger charge is -2.29. The minimum atomic E-state index is -0.589. The van der Waals surface area contributed by atoms with Gasteiger partial charge in [0.25, 0.3) is 0 Å². The third-order valence-corrected chi connectivity index (χ3v) is 5.76. The molecule has 0 saturated carbocycles. The molecule has 0 spiro atoms. The fraction of sp³-hybridized carbons (Fsp3) is 0.320.